The molecule has 0 spiro atoms. The number of nitrogens with zero attached hydrogens (tertiary/aromatic N) is 3. The van der Waals surface area contributed by atoms with Crippen LogP contribution in [0.4, 0.5) is 0 Å². The predicted octanol–water partition coefficient (Wildman–Crippen LogP) is 2.89. The van der Waals surface area contributed by atoms with Crippen molar-refractivity contribution >= 4 is 35.8 Å². The molecule has 1 heterocycles. The second kappa shape index (κ2) is 11.7. The number of hydrogen-bond donors (Lipinski definition) is 2. The molecular formula is C22H38IN5O. The SMILES string of the molecule is CN=C(NCC(C)(C)C(=O)NC)N1CCN(Cc2ccc(C(C)C)cc2)CC1.I. The van der Waals surface area contributed by atoms with Crippen LogP contribution in [0.5, 0.6) is 0 Å². The zero-order valence-electron chi connectivity index (χ0n) is 18.8. The molecule has 0 bridgehead atoms. The van der Waals surface area contributed by atoms with Gasteiger partial charge in [0.2, 0.25) is 5.91 Å². The van der Waals surface area contributed by atoms with E-state index in [1.165, 1.54) is 11.1 Å². The highest BCUT2D eigenvalue weighted by molar-refractivity contribution is 14.0. The average Bonchev–Trinajstić information content (AvgIpc) is 2.69. The topological polar surface area (TPSA) is 60.0 Å². The number of nitrogens with one attached hydrogen (secondary N) is 2. The lowest BCUT2D eigenvalue weighted by molar-refractivity contribution is -0.128. The van der Waals surface area contributed by atoms with Crippen LogP contribution in [0.2, 0.25) is 0 Å². The van der Waals surface area contributed by atoms with Gasteiger partial charge in [0.1, 0.15) is 0 Å². The average molecular weight is 515 g/mol. The fraction of sp³-hybridized carbons (Fsp3) is 0.636. The summed E-state index contributed by atoms with van der Waals surface area (Å²) in [6.07, 6.45) is 0. The first kappa shape index (κ1) is 25.7. The van der Waals surface area contributed by atoms with Crippen LogP contribution in [0, 0.1) is 5.41 Å². The zero-order chi connectivity index (χ0) is 20.7. The van der Waals surface area contributed by atoms with Crippen molar-refractivity contribution in [2.24, 2.45) is 10.4 Å². The monoisotopic (exact) mass is 515 g/mol. The molecule has 1 aliphatic heterocycles. The number of halogens is 1. The first-order chi connectivity index (χ1) is 13.3. The molecule has 1 saturated heterocycles. The number of benzene rings is 1. The molecule has 1 fully saturated rings. The summed E-state index contributed by atoms with van der Waals surface area (Å²) in [5.74, 6) is 1.48. The summed E-state index contributed by atoms with van der Waals surface area (Å²) in [6, 6.07) is 9.00. The van der Waals surface area contributed by atoms with E-state index in [4.69, 9.17) is 0 Å². The molecule has 0 aromatic heterocycles. The minimum absolute atomic E-state index is 0. The van der Waals surface area contributed by atoms with Crippen molar-refractivity contribution in [1.82, 2.24) is 20.4 Å². The van der Waals surface area contributed by atoms with Gasteiger partial charge in [-0.15, -0.1) is 24.0 Å². The van der Waals surface area contributed by atoms with Gasteiger partial charge in [-0.25, -0.2) is 0 Å². The molecule has 29 heavy (non-hydrogen) atoms. The number of piperazine rings is 1. The smallest absolute Gasteiger partial charge is 0.227 e. The summed E-state index contributed by atoms with van der Waals surface area (Å²) in [6.45, 7) is 13.8. The number of guanidine groups is 1. The summed E-state index contributed by atoms with van der Waals surface area (Å²) < 4.78 is 0. The molecule has 0 radical (unpaired) electrons. The Balaban J connectivity index is 0.00000420. The molecule has 1 aliphatic rings. The van der Waals surface area contributed by atoms with E-state index in [-0.39, 0.29) is 29.9 Å². The first-order valence-electron chi connectivity index (χ1n) is 10.3. The Labute approximate surface area is 193 Å². The van der Waals surface area contributed by atoms with E-state index in [1.807, 2.05) is 13.8 Å². The van der Waals surface area contributed by atoms with Gasteiger partial charge in [-0.2, -0.15) is 0 Å². The van der Waals surface area contributed by atoms with Crippen LogP contribution < -0.4 is 10.6 Å². The summed E-state index contributed by atoms with van der Waals surface area (Å²) in [5, 5.41) is 6.10. The van der Waals surface area contributed by atoms with Crippen LogP contribution in [0.15, 0.2) is 29.3 Å². The van der Waals surface area contributed by atoms with Crippen LogP contribution in [-0.2, 0) is 11.3 Å². The lowest BCUT2D eigenvalue weighted by atomic mass is 9.92. The molecule has 6 nitrogen and oxygen atoms in total. The van der Waals surface area contributed by atoms with Gasteiger partial charge in [-0.3, -0.25) is 14.7 Å². The molecule has 1 aromatic rings. The lowest BCUT2D eigenvalue weighted by Crippen LogP contribution is -2.54. The maximum atomic E-state index is 12.0. The second-order valence-corrected chi connectivity index (χ2v) is 8.52. The molecule has 2 N–H and O–H groups in total. The van der Waals surface area contributed by atoms with Crippen LogP contribution in [0.25, 0.3) is 0 Å². The lowest BCUT2D eigenvalue weighted by Gasteiger charge is -2.37. The molecule has 7 heteroatoms. The highest BCUT2D eigenvalue weighted by Crippen LogP contribution is 2.17. The van der Waals surface area contributed by atoms with Gasteiger partial charge >= 0.3 is 0 Å². The molecular weight excluding hydrogens is 477 g/mol. The van der Waals surface area contributed by atoms with Gasteiger partial charge < -0.3 is 15.5 Å². The predicted molar refractivity (Wildman–Crippen MR) is 132 cm³/mol. The highest BCUT2D eigenvalue weighted by atomic mass is 127. The van der Waals surface area contributed by atoms with Crippen molar-refractivity contribution < 1.29 is 4.79 Å². The van der Waals surface area contributed by atoms with Crippen LogP contribution in [0.3, 0.4) is 0 Å². The normalized spacial score (nSPS) is 15.8. The van der Waals surface area contributed by atoms with E-state index < -0.39 is 5.41 Å². The van der Waals surface area contributed by atoms with Crippen molar-refractivity contribution in [2.45, 2.75) is 40.2 Å². The van der Waals surface area contributed by atoms with E-state index in [1.54, 1.807) is 14.1 Å². The number of aliphatic imine (C=N–C) groups is 1. The highest BCUT2D eigenvalue weighted by Gasteiger charge is 2.28. The Kier molecular flexibility index (Phi) is 10.4. The molecule has 0 unspecified atom stereocenters. The van der Waals surface area contributed by atoms with E-state index in [9.17, 15) is 4.79 Å². The third kappa shape index (κ3) is 7.44. The number of rotatable bonds is 6. The van der Waals surface area contributed by atoms with E-state index in [0.717, 1.165) is 38.7 Å². The van der Waals surface area contributed by atoms with E-state index in [2.05, 4.69) is 63.5 Å². The molecule has 1 amide bonds. The van der Waals surface area contributed by atoms with Crippen LogP contribution in [-0.4, -0.2) is 68.5 Å². The minimum atomic E-state index is -0.478. The fourth-order valence-electron chi connectivity index (χ4n) is 3.43. The Morgan fingerprint density at radius 1 is 1.14 bits per heavy atom. The largest absolute Gasteiger partial charge is 0.359 e. The van der Waals surface area contributed by atoms with Gasteiger partial charge in [0.15, 0.2) is 5.96 Å². The zero-order valence-corrected chi connectivity index (χ0v) is 21.1. The summed E-state index contributed by atoms with van der Waals surface area (Å²) >= 11 is 0. The minimum Gasteiger partial charge on any atom is -0.359 e. The van der Waals surface area contributed by atoms with Gasteiger partial charge in [0, 0.05) is 53.4 Å². The van der Waals surface area contributed by atoms with Gasteiger partial charge in [-0.05, 0) is 30.9 Å². The van der Waals surface area contributed by atoms with Crippen molar-refractivity contribution in [1.29, 1.82) is 0 Å². The maximum absolute atomic E-state index is 12.0. The third-order valence-corrected chi connectivity index (χ3v) is 5.47. The Morgan fingerprint density at radius 3 is 2.21 bits per heavy atom. The number of carbonyl (C=O) groups excluding carboxylic acids is 1. The van der Waals surface area contributed by atoms with Crippen molar-refractivity contribution in [3.8, 4) is 0 Å². The van der Waals surface area contributed by atoms with Crippen LogP contribution >= 0.6 is 24.0 Å². The van der Waals surface area contributed by atoms with Gasteiger partial charge in [0.05, 0.1) is 5.41 Å². The molecule has 1 aromatic carbocycles. The van der Waals surface area contributed by atoms with Crippen LogP contribution in [0.1, 0.15) is 44.7 Å². The van der Waals surface area contributed by atoms with E-state index in [0.29, 0.717) is 12.5 Å². The second-order valence-electron chi connectivity index (χ2n) is 8.52. The van der Waals surface area contributed by atoms with Gasteiger partial charge in [0.25, 0.3) is 0 Å². The maximum Gasteiger partial charge on any atom is 0.227 e. The number of carbonyl (C=O) groups is 1. The summed E-state index contributed by atoms with van der Waals surface area (Å²) in [5.41, 5.74) is 2.28. The molecule has 0 atom stereocenters. The Hall–Kier alpha value is -1.35. The molecule has 164 valence electrons. The third-order valence-electron chi connectivity index (χ3n) is 5.47. The number of amides is 1. The first-order valence-corrected chi connectivity index (χ1v) is 10.3. The Bertz CT molecular complexity index is 664. The molecule has 0 aliphatic carbocycles. The quantitative estimate of drug-likeness (QED) is 0.348. The van der Waals surface area contributed by atoms with Crippen molar-refractivity contribution in [3.63, 3.8) is 0 Å². The summed E-state index contributed by atoms with van der Waals surface area (Å²) in [7, 11) is 3.48. The number of hydrogen-bond acceptors (Lipinski definition) is 3. The standard InChI is InChI=1S/C22H37N5O.HI/c1-17(2)19-9-7-18(8-10-19)15-26-11-13-27(14-12-26)21(24-6)25-16-22(3,4)20(28)23-5;/h7-10,17H,11-16H2,1-6H3,(H,23,28)(H,24,25);1H. The van der Waals surface area contributed by atoms with E-state index >= 15 is 0 Å². The Morgan fingerprint density at radius 2 is 1.72 bits per heavy atom. The van der Waals surface area contributed by atoms with Gasteiger partial charge in [-0.1, -0.05) is 38.1 Å². The van der Waals surface area contributed by atoms with Crippen molar-refractivity contribution in [2.75, 3.05) is 46.8 Å². The molecule has 0 saturated carbocycles. The fourth-order valence-corrected chi connectivity index (χ4v) is 3.43. The molecule has 2 rings (SSSR count). The summed E-state index contributed by atoms with van der Waals surface area (Å²) in [4.78, 5) is 21.2. The van der Waals surface area contributed by atoms with Crippen molar-refractivity contribution in [3.05, 3.63) is 35.4 Å².